The average molecular weight is 469 g/mol. The van der Waals surface area contributed by atoms with Crippen molar-refractivity contribution in [1.29, 1.82) is 0 Å². The number of rotatable bonds is 6. The van der Waals surface area contributed by atoms with Crippen LogP contribution in [0.5, 0.6) is 11.5 Å². The number of nitrogens with zero attached hydrogens (tertiary/aromatic N) is 1. The number of anilines is 1. The summed E-state index contributed by atoms with van der Waals surface area (Å²) in [6.07, 6.45) is 0. The Morgan fingerprint density at radius 2 is 1.63 bits per heavy atom. The Labute approximate surface area is 201 Å². The molecule has 35 heavy (non-hydrogen) atoms. The second-order valence-corrected chi connectivity index (χ2v) is 8.24. The third-order valence-corrected chi connectivity index (χ3v) is 6.15. The van der Waals surface area contributed by atoms with Crippen LogP contribution in [-0.4, -0.2) is 31.0 Å². The van der Waals surface area contributed by atoms with Crippen molar-refractivity contribution >= 4 is 28.3 Å². The first-order valence-corrected chi connectivity index (χ1v) is 11.0. The molecule has 2 heterocycles. The number of ketones is 1. The Morgan fingerprint density at radius 1 is 0.943 bits per heavy atom. The number of aliphatic hydroxyl groups is 1. The van der Waals surface area contributed by atoms with Crippen LogP contribution >= 0.6 is 0 Å². The minimum absolute atomic E-state index is 0.00972. The van der Waals surface area contributed by atoms with Crippen LogP contribution in [0.3, 0.4) is 0 Å². The van der Waals surface area contributed by atoms with Gasteiger partial charge in [0.05, 0.1) is 25.8 Å². The van der Waals surface area contributed by atoms with Crippen LogP contribution in [0.15, 0.2) is 88.5 Å². The van der Waals surface area contributed by atoms with Crippen molar-refractivity contribution < 1.29 is 28.6 Å². The molecule has 7 heteroatoms. The molecular weight excluding hydrogens is 446 g/mol. The quantitative estimate of drug-likeness (QED) is 0.373. The summed E-state index contributed by atoms with van der Waals surface area (Å²) < 4.78 is 16.8. The number of aliphatic hydroxyl groups excluding tert-OH is 1. The molecule has 3 aromatic carbocycles. The Morgan fingerprint density at radius 3 is 2.34 bits per heavy atom. The summed E-state index contributed by atoms with van der Waals surface area (Å²) in [6.45, 7) is 1.94. The topological polar surface area (TPSA) is 89.2 Å². The molecule has 0 bridgehead atoms. The molecule has 1 aliphatic rings. The fourth-order valence-corrected chi connectivity index (χ4v) is 4.44. The maximum Gasteiger partial charge on any atom is 0.294 e. The first-order chi connectivity index (χ1) is 16.9. The fourth-order valence-electron chi connectivity index (χ4n) is 4.44. The number of methoxy groups -OCH3 is 2. The second kappa shape index (κ2) is 8.68. The number of fused-ring (bicyclic) bond motifs is 1. The first kappa shape index (κ1) is 22.3. The number of carbonyl (C=O) groups excluding carboxylic acids is 2. The minimum Gasteiger partial charge on any atom is -0.503 e. The van der Waals surface area contributed by atoms with Crippen LogP contribution in [0, 0.1) is 6.92 Å². The highest BCUT2D eigenvalue weighted by Crippen LogP contribution is 2.45. The Kier molecular flexibility index (Phi) is 5.53. The molecule has 1 N–H and O–H groups in total. The number of hydrogen-bond donors (Lipinski definition) is 1. The lowest BCUT2D eigenvalue weighted by atomic mass is 9.94. The van der Waals surface area contributed by atoms with Crippen LogP contribution in [0.2, 0.25) is 0 Å². The predicted octanol–water partition coefficient (Wildman–Crippen LogP) is 5.54. The molecule has 5 rings (SSSR count). The number of hydrogen-bond acceptors (Lipinski definition) is 6. The highest BCUT2D eigenvalue weighted by Gasteiger charge is 2.46. The third-order valence-electron chi connectivity index (χ3n) is 6.15. The minimum atomic E-state index is -0.927. The van der Waals surface area contributed by atoms with Gasteiger partial charge >= 0.3 is 0 Å². The number of ether oxygens (including phenoxy) is 2. The van der Waals surface area contributed by atoms with E-state index in [4.69, 9.17) is 13.9 Å². The number of furan rings is 1. The van der Waals surface area contributed by atoms with Gasteiger partial charge in [-0.3, -0.25) is 14.5 Å². The van der Waals surface area contributed by atoms with E-state index >= 15 is 0 Å². The highest BCUT2D eigenvalue weighted by atomic mass is 16.5. The molecule has 0 spiro atoms. The molecule has 1 amide bonds. The summed E-state index contributed by atoms with van der Waals surface area (Å²) >= 11 is 0. The number of amides is 1. The molecule has 4 aromatic rings. The molecule has 1 unspecified atom stereocenters. The number of Topliss-reactive ketones (excluding diaryl/α,β-unsaturated/α-hetero) is 1. The van der Waals surface area contributed by atoms with Gasteiger partial charge in [0.2, 0.25) is 5.78 Å². The van der Waals surface area contributed by atoms with Crippen molar-refractivity contribution in [2.24, 2.45) is 0 Å². The standard InChI is InChI=1S/C28H23NO6/c1-16-11-13-18(14-12-16)29-24(19-8-4-5-9-20(19)33-2)23(26(31)28(29)32)25(30)22-15-17-7-6-10-21(34-3)27(17)35-22/h4-15,24,31H,1-3H3. The van der Waals surface area contributed by atoms with Gasteiger partial charge in [-0.05, 0) is 37.3 Å². The van der Waals surface area contributed by atoms with E-state index in [2.05, 4.69) is 0 Å². The number of para-hydroxylation sites is 2. The Bertz CT molecular complexity index is 1480. The summed E-state index contributed by atoms with van der Waals surface area (Å²) in [5, 5.41) is 11.7. The van der Waals surface area contributed by atoms with Crippen LogP contribution in [0.25, 0.3) is 11.0 Å². The SMILES string of the molecule is COc1ccccc1C1C(C(=O)c2cc3cccc(OC)c3o2)=C(O)C(=O)N1c1ccc(C)cc1. The van der Waals surface area contributed by atoms with Gasteiger partial charge in [0.25, 0.3) is 5.91 Å². The average Bonchev–Trinajstić information content (AvgIpc) is 3.43. The zero-order valence-electron chi connectivity index (χ0n) is 19.4. The fraction of sp³-hybridized carbons (Fsp3) is 0.143. The Balaban J connectivity index is 1.69. The number of aryl methyl sites for hydroxylation is 1. The maximum absolute atomic E-state index is 13.8. The van der Waals surface area contributed by atoms with E-state index in [-0.39, 0.29) is 11.3 Å². The van der Waals surface area contributed by atoms with Gasteiger partial charge in [0.1, 0.15) is 5.75 Å². The van der Waals surface area contributed by atoms with E-state index < -0.39 is 23.5 Å². The molecule has 1 aromatic heterocycles. The van der Waals surface area contributed by atoms with Gasteiger partial charge in [-0.1, -0.05) is 48.0 Å². The van der Waals surface area contributed by atoms with Crippen LogP contribution in [-0.2, 0) is 4.79 Å². The summed E-state index contributed by atoms with van der Waals surface area (Å²) in [5.74, 6) is -0.955. The molecule has 0 saturated heterocycles. The van der Waals surface area contributed by atoms with E-state index in [1.165, 1.54) is 19.1 Å². The van der Waals surface area contributed by atoms with Gasteiger partial charge in [0, 0.05) is 16.6 Å². The van der Waals surface area contributed by atoms with E-state index in [1.54, 1.807) is 60.7 Å². The molecule has 0 saturated carbocycles. The lowest BCUT2D eigenvalue weighted by Gasteiger charge is -2.28. The largest absolute Gasteiger partial charge is 0.503 e. The highest BCUT2D eigenvalue weighted by molar-refractivity contribution is 6.20. The zero-order valence-corrected chi connectivity index (χ0v) is 19.4. The van der Waals surface area contributed by atoms with Crippen molar-refractivity contribution in [3.63, 3.8) is 0 Å². The van der Waals surface area contributed by atoms with Crippen LogP contribution in [0.4, 0.5) is 5.69 Å². The lowest BCUT2D eigenvalue weighted by Crippen LogP contribution is -2.31. The zero-order chi connectivity index (χ0) is 24.7. The first-order valence-electron chi connectivity index (χ1n) is 11.0. The predicted molar refractivity (Wildman–Crippen MR) is 131 cm³/mol. The third kappa shape index (κ3) is 3.61. The van der Waals surface area contributed by atoms with Crippen LogP contribution < -0.4 is 14.4 Å². The van der Waals surface area contributed by atoms with E-state index in [0.29, 0.717) is 33.7 Å². The van der Waals surface area contributed by atoms with E-state index in [1.807, 2.05) is 19.1 Å². The van der Waals surface area contributed by atoms with Gasteiger partial charge in [-0.15, -0.1) is 0 Å². The van der Waals surface area contributed by atoms with Crippen molar-refractivity contribution in [3.8, 4) is 11.5 Å². The lowest BCUT2D eigenvalue weighted by molar-refractivity contribution is -0.117. The molecule has 7 nitrogen and oxygen atoms in total. The molecular formula is C28H23NO6. The normalized spacial score (nSPS) is 15.7. The molecule has 176 valence electrons. The van der Waals surface area contributed by atoms with Crippen LogP contribution in [0.1, 0.15) is 27.7 Å². The second-order valence-electron chi connectivity index (χ2n) is 8.24. The van der Waals surface area contributed by atoms with Gasteiger partial charge < -0.3 is 19.0 Å². The van der Waals surface area contributed by atoms with Crippen molar-refractivity contribution in [3.05, 3.63) is 101 Å². The molecule has 0 radical (unpaired) electrons. The van der Waals surface area contributed by atoms with Gasteiger partial charge in [0.15, 0.2) is 22.9 Å². The summed E-state index contributed by atoms with van der Waals surface area (Å²) in [6, 6.07) is 20.4. The molecule has 1 aliphatic heterocycles. The Hall–Kier alpha value is -4.52. The van der Waals surface area contributed by atoms with Crippen molar-refractivity contribution in [2.45, 2.75) is 13.0 Å². The van der Waals surface area contributed by atoms with Crippen molar-refractivity contribution in [2.75, 3.05) is 19.1 Å². The monoisotopic (exact) mass is 469 g/mol. The number of carbonyl (C=O) groups is 2. The molecule has 0 aliphatic carbocycles. The molecule has 0 fully saturated rings. The van der Waals surface area contributed by atoms with E-state index in [0.717, 1.165) is 5.56 Å². The molecule has 1 atom stereocenters. The van der Waals surface area contributed by atoms with Gasteiger partial charge in [-0.25, -0.2) is 0 Å². The van der Waals surface area contributed by atoms with E-state index in [9.17, 15) is 14.7 Å². The summed E-state index contributed by atoms with van der Waals surface area (Å²) in [7, 11) is 3.03. The smallest absolute Gasteiger partial charge is 0.294 e. The van der Waals surface area contributed by atoms with Gasteiger partial charge in [-0.2, -0.15) is 0 Å². The number of benzene rings is 3. The van der Waals surface area contributed by atoms with Crippen molar-refractivity contribution in [1.82, 2.24) is 0 Å². The summed E-state index contributed by atoms with van der Waals surface area (Å²) in [4.78, 5) is 28.6. The summed E-state index contributed by atoms with van der Waals surface area (Å²) in [5.41, 5.74) is 2.44. The maximum atomic E-state index is 13.8.